The van der Waals surface area contributed by atoms with E-state index in [1.54, 1.807) is 7.11 Å². The molecule has 17 heavy (non-hydrogen) atoms. The molecule has 2 atom stereocenters. The summed E-state index contributed by atoms with van der Waals surface area (Å²) in [5.74, 6) is 0.928. The predicted octanol–water partition coefficient (Wildman–Crippen LogP) is 3.01. The first kappa shape index (κ1) is 12.4. The van der Waals surface area contributed by atoms with Crippen molar-refractivity contribution in [3.63, 3.8) is 0 Å². The van der Waals surface area contributed by atoms with Crippen LogP contribution in [0, 0.1) is 5.41 Å². The van der Waals surface area contributed by atoms with Gasteiger partial charge in [-0.25, -0.2) is 0 Å². The highest BCUT2D eigenvalue weighted by Crippen LogP contribution is 2.44. The summed E-state index contributed by atoms with van der Waals surface area (Å²) in [6.45, 7) is 6.91. The fourth-order valence-corrected chi connectivity index (χ4v) is 2.27. The van der Waals surface area contributed by atoms with Gasteiger partial charge in [-0.15, -0.1) is 0 Å². The maximum Gasteiger partial charge on any atom is 0.118 e. The molecule has 0 radical (unpaired) electrons. The molecule has 1 N–H and O–H groups in total. The summed E-state index contributed by atoms with van der Waals surface area (Å²) >= 11 is 0. The second-order valence-corrected chi connectivity index (χ2v) is 5.87. The fourth-order valence-electron chi connectivity index (χ4n) is 2.27. The number of methoxy groups -OCH3 is 1. The van der Waals surface area contributed by atoms with E-state index in [4.69, 9.17) is 4.74 Å². The van der Waals surface area contributed by atoms with Crippen molar-refractivity contribution in [3.8, 4) is 5.75 Å². The molecule has 1 aliphatic carbocycles. The molecule has 1 aromatic carbocycles. The van der Waals surface area contributed by atoms with Gasteiger partial charge in [-0.1, -0.05) is 26.0 Å². The van der Waals surface area contributed by atoms with Crippen molar-refractivity contribution in [1.82, 2.24) is 5.32 Å². The minimum absolute atomic E-state index is 0.508. The lowest BCUT2D eigenvalue weighted by molar-refractivity contribution is 0.414. The molecule has 94 valence electrons. The molecule has 0 heterocycles. The molecule has 2 unspecified atom stereocenters. The van der Waals surface area contributed by atoms with Crippen LogP contribution in [0.4, 0.5) is 0 Å². The van der Waals surface area contributed by atoms with Crippen molar-refractivity contribution in [1.29, 1.82) is 0 Å². The first-order chi connectivity index (χ1) is 8.01. The summed E-state index contributed by atoms with van der Waals surface area (Å²) in [7, 11) is 1.70. The molecular formula is C15H23NO. The molecule has 1 aromatic rings. The first-order valence-corrected chi connectivity index (χ1v) is 6.40. The van der Waals surface area contributed by atoms with Crippen LogP contribution in [0.5, 0.6) is 5.75 Å². The number of ether oxygens (including phenoxy) is 1. The zero-order valence-corrected chi connectivity index (χ0v) is 11.3. The number of hydrogen-bond donors (Lipinski definition) is 1. The molecule has 1 fully saturated rings. The summed E-state index contributed by atoms with van der Waals surface area (Å²) in [6.07, 6.45) is 2.39. The van der Waals surface area contributed by atoms with Crippen molar-refractivity contribution < 1.29 is 4.74 Å². The molecule has 0 aromatic heterocycles. The van der Waals surface area contributed by atoms with Crippen LogP contribution >= 0.6 is 0 Å². The number of benzene rings is 1. The van der Waals surface area contributed by atoms with E-state index >= 15 is 0 Å². The van der Waals surface area contributed by atoms with Crippen molar-refractivity contribution in [2.75, 3.05) is 7.11 Å². The molecule has 1 saturated carbocycles. The van der Waals surface area contributed by atoms with E-state index < -0.39 is 0 Å². The van der Waals surface area contributed by atoms with Crippen molar-refractivity contribution in [2.45, 2.75) is 45.7 Å². The average Bonchev–Trinajstić information content (AvgIpc) is 2.86. The summed E-state index contributed by atoms with van der Waals surface area (Å²) in [4.78, 5) is 0. The summed E-state index contributed by atoms with van der Waals surface area (Å²) in [5.41, 5.74) is 1.87. The molecule has 0 spiro atoms. The Morgan fingerprint density at radius 2 is 1.94 bits per heavy atom. The standard InChI is InChI=1S/C15H23NO/c1-11(16-14-10-15(14,2)3)9-12-5-7-13(17-4)8-6-12/h5-8,11,14,16H,9-10H2,1-4H3. The number of rotatable bonds is 5. The van der Waals surface area contributed by atoms with Crippen LogP contribution in [-0.2, 0) is 6.42 Å². The van der Waals surface area contributed by atoms with Gasteiger partial charge in [0.15, 0.2) is 0 Å². The van der Waals surface area contributed by atoms with Gasteiger partial charge in [0, 0.05) is 12.1 Å². The summed E-state index contributed by atoms with van der Waals surface area (Å²) in [5, 5.41) is 3.69. The highest BCUT2D eigenvalue weighted by Gasteiger charge is 2.45. The minimum atomic E-state index is 0.508. The molecule has 0 aliphatic heterocycles. The first-order valence-electron chi connectivity index (χ1n) is 6.40. The normalized spacial score (nSPS) is 23.2. The van der Waals surface area contributed by atoms with Crippen molar-refractivity contribution in [3.05, 3.63) is 29.8 Å². The van der Waals surface area contributed by atoms with Gasteiger partial charge in [0.25, 0.3) is 0 Å². The largest absolute Gasteiger partial charge is 0.497 e. The second kappa shape index (κ2) is 4.69. The van der Waals surface area contributed by atoms with Gasteiger partial charge in [0.2, 0.25) is 0 Å². The third-order valence-electron chi connectivity index (χ3n) is 3.70. The maximum absolute atomic E-state index is 5.16. The van der Waals surface area contributed by atoms with Gasteiger partial charge < -0.3 is 10.1 Å². The Morgan fingerprint density at radius 1 is 1.35 bits per heavy atom. The van der Waals surface area contributed by atoms with Crippen LogP contribution < -0.4 is 10.1 Å². The number of hydrogen-bond acceptors (Lipinski definition) is 2. The Kier molecular flexibility index (Phi) is 3.43. The van der Waals surface area contributed by atoms with E-state index in [-0.39, 0.29) is 0 Å². The highest BCUT2D eigenvalue weighted by atomic mass is 16.5. The van der Waals surface area contributed by atoms with E-state index in [0.717, 1.165) is 12.2 Å². The zero-order valence-electron chi connectivity index (χ0n) is 11.3. The summed E-state index contributed by atoms with van der Waals surface area (Å²) in [6, 6.07) is 9.60. The van der Waals surface area contributed by atoms with Gasteiger partial charge in [0.1, 0.15) is 5.75 Å². The van der Waals surface area contributed by atoms with Crippen molar-refractivity contribution >= 4 is 0 Å². The Morgan fingerprint density at radius 3 is 2.41 bits per heavy atom. The molecule has 1 aliphatic rings. The second-order valence-electron chi connectivity index (χ2n) is 5.87. The molecule has 0 bridgehead atoms. The zero-order chi connectivity index (χ0) is 12.5. The topological polar surface area (TPSA) is 21.3 Å². The SMILES string of the molecule is COc1ccc(CC(C)NC2CC2(C)C)cc1. The fraction of sp³-hybridized carbons (Fsp3) is 0.600. The van der Waals surface area contributed by atoms with E-state index in [1.165, 1.54) is 12.0 Å². The van der Waals surface area contributed by atoms with Gasteiger partial charge >= 0.3 is 0 Å². The average molecular weight is 233 g/mol. The van der Waals surface area contributed by atoms with Crippen LogP contribution in [0.25, 0.3) is 0 Å². The maximum atomic E-state index is 5.16. The Hall–Kier alpha value is -1.02. The molecular weight excluding hydrogens is 210 g/mol. The Labute approximate surface area is 104 Å². The molecule has 2 nitrogen and oxygen atoms in total. The van der Waals surface area contributed by atoms with Gasteiger partial charge in [-0.3, -0.25) is 0 Å². The van der Waals surface area contributed by atoms with E-state index in [0.29, 0.717) is 17.5 Å². The highest BCUT2D eigenvalue weighted by molar-refractivity contribution is 5.27. The number of nitrogens with one attached hydrogen (secondary N) is 1. The molecule has 0 amide bonds. The minimum Gasteiger partial charge on any atom is -0.497 e. The predicted molar refractivity (Wildman–Crippen MR) is 71.5 cm³/mol. The third-order valence-corrected chi connectivity index (χ3v) is 3.70. The molecule has 2 heteroatoms. The lowest BCUT2D eigenvalue weighted by Gasteiger charge is -2.15. The van der Waals surface area contributed by atoms with Gasteiger partial charge in [-0.2, -0.15) is 0 Å². The lowest BCUT2D eigenvalue weighted by atomic mass is 10.1. The quantitative estimate of drug-likeness (QED) is 0.844. The summed E-state index contributed by atoms with van der Waals surface area (Å²) < 4.78 is 5.16. The molecule has 2 rings (SSSR count). The molecule has 0 saturated heterocycles. The smallest absolute Gasteiger partial charge is 0.118 e. The van der Waals surface area contributed by atoms with Crippen LogP contribution in [0.15, 0.2) is 24.3 Å². The van der Waals surface area contributed by atoms with Gasteiger partial charge in [0.05, 0.1) is 7.11 Å². The van der Waals surface area contributed by atoms with Crippen LogP contribution in [0.1, 0.15) is 32.8 Å². The van der Waals surface area contributed by atoms with Gasteiger partial charge in [-0.05, 0) is 42.9 Å². The Bertz CT molecular complexity index is 369. The van der Waals surface area contributed by atoms with Crippen LogP contribution in [-0.4, -0.2) is 19.2 Å². The van der Waals surface area contributed by atoms with E-state index in [2.05, 4.69) is 38.2 Å². The third kappa shape index (κ3) is 3.22. The van der Waals surface area contributed by atoms with Crippen LogP contribution in [0.3, 0.4) is 0 Å². The monoisotopic (exact) mass is 233 g/mol. The lowest BCUT2D eigenvalue weighted by Crippen LogP contribution is -2.32. The Balaban J connectivity index is 1.83. The van der Waals surface area contributed by atoms with E-state index in [1.807, 2.05) is 12.1 Å². The van der Waals surface area contributed by atoms with E-state index in [9.17, 15) is 0 Å². The van der Waals surface area contributed by atoms with Crippen molar-refractivity contribution in [2.24, 2.45) is 5.41 Å². The van der Waals surface area contributed by atoms with Crippen LogP contribution in [0.2, 0.25) is 0 Å².